The molecule has 0 fully saturated rings. The molecular weight excluding hydrogens is 100 g/mol. The van der Waals surface area contributed by atoms with E-state index in [0.29, 0.717) is 0 Å². The van der Waals surface area contributed by atoms with E-state index in [1.807, 2.05) is 0 Å². The average molecular weight is 102 g/mol. The topological polar surface area (TPSA) is 45.8 Å². The maximum absolute atomic E-state index is 9.91. The van der Waals surface area contributed by atoms with Gasteiger partial charge < -0.3 is 0 Å². The van der Waals surface area contributed by atoms with Crippen molar-refractivity contribution in [3.8, 4) is 0 Å². The van der Waals surface area contributed by atoms with Crippen molar-refractivity contribution in [3.05, 3.63) is 16.0 Å². The third kappa shape index (κ3) is 0.463. The SMILES string of the molecule is O=c1ncs[nH]1. The summed E-state index contributed by atoms with van der Waals surface area (Å²) in [5.41, 5.74) is 1.20. The summed E-state index contributed by atoms with van der Waals surface area (Å²) in [6.45, 7) is 0. The first-order valence-electron chi connectivity index (χ1n) is 1.38. The lowest BCUT2D eigenvalue weighted by molar-refractivity contribution is 1.21. The molecule has 1 rings (SSSR count). The number of rotatable bonds is 0. The van der Waals surface area contributed by atoms with Crippen LogP contribution in [0.1, 0.15) is 0 Å². The molecule has 0 amide bonds. The number of nitrogens with one attached hydrogen (secondary N) is 1. The minimum atomic E-state index is -0.264. The molecule has 0 saturated carbocycles. The molecule has 0 atom stereocenters. The number of aromatic nitrogens is 2. The number of nitrogens with zero attached hydrogens (tertiary/aromatic N) is 1. The zero-order chi connectivity index (χ0) is 4.41. The molecule has 0 aliphatic heterocycles. The Hall–Kier alpha value is -0.640. The Kier molecular flexibility index (Phi) is 0.719. The summed E-state index contributed by atoms with van der Waals surface area (Å²) in [5, 5.41) is 0. The molecule has 1 N–H and O–H groups in total. The van der Waals surface area contributed by atoms with Crippen LogP contribution in [0.4, 0.5) is 0 Å². The first kappa shape index (κ1) is 3.55. The molecule has 0 saturated heterocycles. The fraction of sp³-hybridized carbons (Fsp3) is 0. The number of hydrogen-bond acceptors (Lipinski definition) is 3. The van der Waals surface area contributed by atoms with Gasteiger partial charge in [0.2, 0.25) is 0 Å². The molecule has 32 valence electrons. The van der Waals surface area contributed by atoms with Crippen LogP contribution in [0.3, 0.4) is 0 Å². The smallest absolute Gasteiger partial charge is 0.260 e. The number of hydrogen-bond donors (Lipinski definition) is 1. The Morgan fingerprint density at radius 3 is 3.00 bits per heavy atom. The number of aromatic amines is 1. The maximum Gasteiger partial charge on any atom is 0.355 e. The molecule has 1 heterocycles. The van der Waals surface area contributed by atoms with Gasteiger partial charge >= 0.3 is 5.69 Å². The first-order chi connectivity index (χ1) is 2.89. The van der Waals surface area contributed by atoms with Gasteiger partial charge in [0.15, 0.2) is 0 Å². The van der Waals surface area contributed by atoms with Crippen LogP contribution < -0.4 is 5.69 Å². The van der Waals surface area contributed by atoms with Crippen LogP contribution in [0.2, 0.25) is 0 Å². The lowest BCUT2D eigenvalue weighted by atomic mass is 11.3. The quantitative estimate of drug-likeness (QED) is 0.494. The van der Waals surface area contributed by atoms with E-state index in [4.69, 9.17) is 0 Å². The van der Waals surface area contributed by atoms with Crippen molar-refractivity contribution in [1.29, 1.82) is 0 Å². The van der Waals surface area contributed by atoms with Gasteiger partial charge in [-0.1, -0.05) is 0 Å². The van der Waals surface area contributed by atoms with Gasteiger partial charge in [0.1, 0.15) is 5.51 Å². The highest BCUT2D eigenvalue weighted by molar-refractivity contribution is 7.03. The van der Waals surface area contributed by atoms with E-state index in [1.54, 1.807) is 0 Å². The molecule has 4 heteroatoms. The molecule has 0 spiro atoms. The summed E-state index contributed by atoms with van der Waals surface area (Å²) in [6.07, 6.45) is 0. The van der Waals surface area contributed by atoms with Gasteiger partial charge in [-0.2, -0.15) is 4.98 Å². The summed E-state index contributed by atoms with van der Waals surface area (Å²) in [5.74, 6) is 0. The van der Waals surface area contributed by atoms with Crippen molar-refractivity contribution in [1.82, 2.24) is 9.36 Å². The monoisotopic (exact) mass is 102 g/mol. The minimum Gasteiger partial charge on any atom is -0.260 e. The van der Waals surface area contributed by atoms with Gasteiger partial charge in [0, 0.05) is 0 Å². The average Bonchev–Trinajstić information content (AvgIpc) is 1.86. The highest BCUT2D eigenvalue weighted by atomic mass is 32.1. The second-order valence-electron chi connectivity index (χ2n) is 0.760. The van der Waals surface area contributed by atoms with E-state index in [0.717, 1.165) is 0 Å². The van der Waals surface area contributed by atoms with Crippen LogP contribution >= 0.6 is 11.5 Å². The zero-order valence-electron chi connectivity index (χ0n) is 2.84. The van der Waals surface area contributed by atoms with Gasteiger partial charge in [0.05, 0.1) is 0 Å². The van der Waals surface area contributed by atoms with E-state index >= 15 is 0 Å². The van der Waals surface area contributed by atoms with E-state index in [-0.39, 0.29) is 5.69 Å². The van der Waals surface area contributed by atoms with Crippen LogP contribution in [-0.4, -0.2) is 9.36 Å². The van der Waals surface area contributed by atoms with Crippen LogP contribution in [0.5, 0.6) is 0 Å². The van der Waals surface area contributed by atoms with Gasteiger partial charge in [0.25, 0.3) is 0 Å². The molecular formula is C2H2N2OS. The molecule has 0 aliphatic rings. The van der Waals surface area contributed by atoms with Crippen LogP contribution in [0.15, 0.2) is 10.3 Å². The summed E-state index contributed by atoms with van der Waals surface area (Å²) >= 11 is 1.19. The van der Waals surface area contributed by atoms with E-state index in [9.17, 15) is 4.79 Å². The van der Waals surface area contributed by atoms with Crippen LogP contribution in [0, 0.1) is 0 Å². The lowest BCUT2D eigenvalue weighted by Crippen LogP contribution is -1.98. The highest BCUT2D eigenvalue weighted by Gasteiger charge is 1.73. The Balaban J connectivity index is 3.41. The minimum absolute atomic E-state index is 0.264. The second kappa shape index (κ2) is 1.22. The molecule has 6 heavy (non-hydrogen) atoms. The fourth-order valence-electron chi connectivity index (χ4n) is 0.177. The zero-order valence-corrected chi connectivity index (χ0v) is 3.66. The Bertz CT molecular complexity index is 149. The van der Waals surface area contributed by atoms with Gasteiger partial charge in [-0.05, 0) is 11.5 Å². The summed E-state index contributed by atoms with van der Waals surface area (Å²) < 4.78 is 2.38. The predicted molar refractivity (Wildman–Crippen MR) is 22.7 cm³/mol. The van der Waals surface area contributed by atoms with Crippen molar-refractivity contribution in [3.63, 3.8) is 0 Å². The maximum atomic E-state index is 9.91. The second-order valence-corrected chi connectivity index (χ2v) is 1.41. The lowest BCUT2D eigenvalue weighted by Gasteiger charge is -1.47. The van der Waals surface area contributed by atoms with Crippen molar-refractivity contribution >= 4 is 11.5 Å². The van der Waals surface area contributed by atoms with Crippen molar-refractivity contribution < 1.29 is 0 Å². The Morgan fingerprint density at radius 2 is 2.83 bits per heavy atom. The van der Waals surface area contributed by atoms with Crippen molar-refractivity contribution in [2.75, 3.05) is 0 Å². The summed E-state index contributed by atoms with van der Waals surface area (Å²) in [6, 6.07) is 0. The molecule has 0 aliphatic carbocycles. The molecule has 3 nitrogen and oxygen atoms in total. The largest absolute Gasteiger partial charge is 0.355 e. The van der Waals surface area contributed by atoms with Gasteiger partial charge in [-0.25, -0.2) is 4.79 Å². The first-order valence-corrected chi connectivity index (χ1v) is 2.26. The molecule has 1 aromatic rings. The number of H-pyrrole nitrogens is 1. The van der Waals surface area contributed by atoms with Crippen LogP contribution in [0.25, 0.3) is 0 Å². The van der Waals surface area contributed by atoms with E-state index < -0.39 is 0 Å². The standard InChI is InChI=1S/C2H2N2OS/c5-2-3-1-6-4-2/h1H,(H,4,5). The van der Waals surface area contributed by atoms with E-state index in [2.05, 4.69) is 9.36 Å². The third-order valence-electron chi connectivity index (χ3n) is 0.369. The summed E-state index contributed by atoms with van der Waals surface area (Å²) in [7, 11) is 0. The van der Waals surface area contributed by atoms with Crippen molar-refractivity contribution in [2.45, 2.75) is 0 Å². The highest BCUT2D eigenvalue weighted by Crippen LogP contribution is 1.71. The van der Waals surface area contributed by atoms with Gasteiger partial charge in [-0.3, -0.25) is 4.37 Å². The molecule has 0 unspecified atom stereocenters. The fourth-order valence-corrected chi connectivity index (χ4v) is 0.532. The normalized spacial score (nSPS) is 8.67. The molecule has 0 radical (unpaired) electrons. The Morgan fingerprint density at radius 1 is 2.00 bits per heavy atom. The van der Waals surface area contributed by atoms with Crippen LogP contribution in [-0.2, 0) is 0 Å². The third-order valence-corrected chi connectivity index (χ3v) is 0.872. The predicted octanol–water partition coefficient (Wildman–Crippen LogP) is -0.169. The van der Waals surface area contributed by atoms with Gasteiger partial charge in [-0.15, -0.1) is 0 Å². The molecule has 0 bridgehead atoms. The summed E-state index contributed by atoms with van der Waals surface area (Å²) in [4.78, 5) is 13.2. The van der Waals surface area contributed by atoms with E-state index in [1.165, 1.54) is 17.0 Å². The molecule has 0 aromatic carbocycles. The van der Waals surface area contributed by atoms with Crippen molar-refractivity contribution in [2.24, 2.45) is 0 Å². The molecule has 1 aromatic heterocycles. The Labute approximate surface area is 37.8 Å².